The van der Waals surface area contributed by atoms with E-state index in [9.17, 15) is 0 Å². The van der Waals surface area contributed by atoms with Crippen LogP contribution in [0, 0.1) is 0 Å². The van der Waals surface area contributed by atoms with Crippen LogP contribution in [0.2, 0.25) is 0 Å². The summed E-state index contributed by atoms with van der Waals surface area (Å²) < 4.78 is 0. The molecule has 0 rings (SSSR count). The zero-order valence-electron chi connectivity index (χ0n) is 2.89. The van der Waals surface area contributed by atoms with Crippen LogP contribution in [0.5, 0.6) is 0 Å². The van der Waals surface area contributed by atoms with Crippen molar-refractivity contribution in [1.82, 2.24) is 0 Å². The molecule has 0 aliphatic rings. The Morgan fingerprint density at radius 1 is 0.286 bits per heavy atom. The molecule has 0 aromatic carbocycles. The monoisotopic (exact) mass is 423 g/mol. The second-order valence-electron chi connectivity index (χ2n) is 0. The molecule has 0 aliphatic carbocycles. The van der Waals surface area contributed by atoms with E-state index in [2.05, 4.69) is 0 Å². The van der Waals surface area contributed by atoms with Gasteiger partial charge in [0.2, 0.25) is 0 Å². The number of rotatable bonds is 0. The van der Waals surface area contributed by atoms with E-state index in [1.165, 1.54) is 0 Å². The van der Waals surface area contributed by atoms with Gasteiger partial charge in [0.05, 0.1) is 0 Å². The van der Waals surface area contributed by atoms with Gasteiger partial charge in [0.15, 0.2) is 0 Å². The molecule has 0 aromatic rings. The van der Waals surface area contributed by atoms with E-state index in [1.807, 2.05) is 0 Å². The minimum atomic E-state index is 0. The normalized spacial score (nSPS) is 0. The van der Waals surface area contributed by atoms with Gasteiger partial charge in [-0.25, -0.2) is 0 Å². The molecule has 0 aromatic heterocycles. The average Bonchev–Trinajstić information content (AvgIpc) is 0. The zero-order valence-corrected chi connectivity index (χ0v) is 13.0. The van der Waals surface area contributed by atoms with Crippen molar-refractivity contribution in [2.24, 2.45) is 0 Å². The fraction of sp³-hybridized carbons (Fsp3) is 0. The van der Waals surface area contributed by atoms with Gasteiger partial charge in [-0.1, -0.05) is 0 Å². The van der Waals surface area contributed by atoms with Gasteiger partial charge in [0.25, 0.3) is 0 Å². The molecule has 43 valence electrons. The van der Waals surface area contributed by atoms with Crippen molar-refractivity contribution in [2.45, 2.75) is 0 Å². The Hall–Kier alpha value is 3.68. The van der Waals surface area contributed by atoms with E-state index in [0.717, 1.165) is 0 Å². The molecule has 0 unspecified atom stereocenters. The molecular formula is Ge2Mn5. The van der Waals surface area contributed by atoms with Crippen LogP contribution in [-0.2, 0) is 85.3 Å². The molecule has 0 spiro atoms. The molecule has 0 saturated heterocycles. The third-order valence-corrected chi connectivity index (χ3v) is 0. The van der Waals surface area contributed by atoms with E-state index in [0.29, 0.717) is 0 Å². The largest absolute Gasteiger partial charge is 0 e. The van der Waals surface area contributed by atoms with E-state index in [-0.39, 0.29) is 121 Å². The summed E-state index contributed by atoms with van der Waals surface area (Å²) in [5.74, 6) is 0. The van der Waals surface area contributed by atoms with Crippen molar-refractivity contribution in [3.05, 3.63) is 0 Å². The minimum absolute atomic E-state index is 0. The first-order valence-corrected chi connectivity index (χ1v) is 0. The van der Waals surface area contributed by atoms with Gasteiger partial charge in [0, 0.05) is 121 Å². The Kier molecular flexibility index (Phi) is 568. The summed E-state index contributed by atoms with van der Waals surface area (Å²) in [5.41, 5.74) is 0. The minimum Gasteiger partial charge on any atom is 0 e. The summed E-state index contributed by atoms with van der Waals surface area (Å²) in [6.45, 7) is 0. The Labute approximate surface area is 119 Å². The van der Waals surface area contributed by atoms with Crippen molar-refractivity contribution in [3.63, 3.8) is 0 Å². The molecular weight excluding hydrogens is 420 g/mol. The average molecular weight is 420 g/mol. The van der Waals surface area contributed by atoms with Crippen LogP contribution in [-0.4, -0.2) is 35.2 Å². The van der Waals surface area contributed by atoms with Gasteiger partial charge >= 0.3 is 0 Å². The van der Waals surface area contributed by atoms with Crippen LogP contribution in [0.1, 0.15) is 0 Å². The first kappa shape index (κ1) is 73.8. The quantitative estimate of drug-likeness (QED) is 0.452. The molecule has 13 radical (unpaired) electrons. The van der Waals surface area contributed by atoms with Crippen LogP contribution in [0.25, 0.3) is 0 Å². The number of hydrogen-bond acceptors (Lipinski definition) is 0. The summed E-state index contributed by atoms with van der Waals surface area (Å²) in [6.07, 6.45) is 0. The smallest absolute Gasteiger partial charge is 0 e. The van der Waals surface area contributed by atoms with Gasteiger partial charge in [-0.15, -0.1) is 0 Å². The Bertz CT molecular complexity index is 6.04. The van der Waals surface area contributed by atoms with Crippen molar-refractivity contribution in [3.8, 4) is 0 Å². The molecule has 0 fully saturated rings. The van der Waals surface area contributed by atoms with Crippen LogP contribution < -0.4 is 0 Å². The summed E-state index contributed by atoms with van der Waals surface area (Å²) >= 11 is 0. The maximum absolute atomic E-state index is 0. The van der Waals surface area contributed by atoms with Gasteiger partial charge in [0.1, 0.15) is 0 Å². The van der Waals surface area contributed by atoms with E-state index < -0.39 is 0 Å². The second kappa shape index (κ2) is 53.8. The summed E-state index contributed by atoms with van der Waals surface area (Å²) in [6, 6.07) is 0. The second-order valence-corrected chi connectivity index (χ2v) is 0. The molecule has 0 heterocycles. The van der Waals surface area contributed by atoms with E-state index in [4.69, 9.17) is 0 Å². The van der Waals surface area contributed by atoms with Gasteiger partial charge in [-0.2, -0.15) is 0 Å². The first-order chi connectivity index (χ1) is 0. The standard InChI is InChI=1S/2Ge.5Mn. The molecule has 0 nitrogen and oxygen atoms in total. The molecule has 7 heavy (non-hydrogen) atoms. The third-order valence-electron chi connectivity index (χ3n) is 0. The van der Waals surface area contributed by atoms with Gasteiger partial charge in [-0.05, 0) is 0 Å². The maximum Gasteiger partial charge on any atom is 0 e. The summed E-state index contributed by atoms with van der Waals surface area (Å²) in [7, 11) is 0. The first-order valence-electron chi connectivity index (χ1n) is 0. The number of hydrogen-bond donors (Lipinski definition) is 0. The van der Waals surface area contributed by atoms with E-state index >= 15 is 0 Å². The van der Waals surface area contributed by atoms with Crippen LogP contribution in [0.3, 0.4) is 0 Å². The van der Waals surface area contributed by atoms with Crippen molar-refractivity contribution in [2.75, 3.05) is 0 Å². The van der Waals surface area contributed by atoms with E-state index in [1.54, 1.807) is 0 Å². The predicted octanol–water partition coefficient (Wildman–Crippen LogP) is -0.774. The van der Waals surface area contributed by atoms with Crippen LogP contribution in [0.4, 0.5) is 0 Å². The fourth-order valence-corrected chi connectivity index (χ4v) is 0. The fourth-order valence-electron chi connectivity index (χ4n) is 0. The van der Waals surface area contributed by atoms with Gasteiger partial charge in [-0.3, -0.25) is 0 Å². The van der Waals surface area contributed by atoms with Gasteiger partial charge < -0.3 is 0 Å². The Balaban J connectivity index is 0. The van der Waals surface area contributed by atoms with Crippen LogP contribution >= 0.6 is 0 Å². The molecule has 0 bridgehead atoms. The Morgan fingerprint density at radius 3 is 0.286 bits per heavy atom. The van der Waals surface area contributed by atoms with Crippen LogP contribution in [0.15, 0.2) is 0 Å². The summed E-state index contributed by atoms with van der Waals surface area (Å²) in [5, 5.41) is 0. The third kappa shape index (κ3) is 42.1. The maximum atomic E-state index is 0. The topological polar surface area (TPSA) is 0 Å². The van der Waals surface area contributed by atoms with Crippen molar-refractivity contribution >= 4 is 35.2 Å². The van der Waals surface area contributed by atoms with Crippen molar-refractivity contribution < 1.29 is 85.3 Å². The molecule has 7 heteroatoms. The van der Waals surface area contributed by atoms with Crippen molar-refractivity contribution in [1.29, 1.82) is 0 Å². The molecule has 0 N–H and O–H groups in total. The predicted molar refractivity (Wildman–Crippen MR) is 11.5 cm³/mol. The molecule has 0 saturated carbocycles. The zero-order chi connectivity index (χ0) is 0. The Morgan fingerprint density at radius 2 is 0.286 bits per heavy atom. The molecule has 0 aliphatic heterocycles. The molecule has 0 atom stereocenters. The SMILES string of the molecule is [Ge].[Ge].[Mn].[Mn].[Mn].[Mn].[Mn]. The molecule has 0 amide bonds. The summed E-state index contributed by atoms with van der Waals surface area (Å²) in [4.78, 5) is 0.